The van der Waals surface area contributed by atoms with Gasteiger partial charge in [0.2, 0.25) is 0 Å². The number of ether oxygens (including phenoxy) is 4. The quantitative estimate of drug-likeness (QED) is 0.626. The van der Waals surface area contributed by atoms with Gasteiger partial charge in [-0.25, -0.2) is 5.43 Å². The van der Waals surface area contributed by atoms with Gasteiger partial charge in [0.1, 0.15) is 11.5 Å². The average Bonchev–Trinajstić information content (AvgIpc) is 2.93. The van der Waals surface area contributed by atoms with E-state index in [9.17, 15) is 4.79 Å². The van der Waals surface area contributed by atoms with E-state index in [1.807, 2.05) is 0 Å². The normalized spacial score (nSPS) is 13.1. The van der Waals surface area contributed by atoms with Crippen LogP contribution in [0.4, 0.5) is 0 Å². The van der Waals surface area contributed by atoms with Crippen LogP contribution < -0.4 is 24.4 Å². The Morgan fingerprint density at radius 3 is 2.52 bits per heavy atom. The maximum atomic E-state index is 12.3. The lowest BCUT2D eigenvalue weighted by Crippen LogP contribution is -2.17. The van der Waals surface area contributed by atoms with E-state index >= 15 is 0 Å². The molecule has 1 aliphatic heterocycles. The molecule has 0 spiro atoms. The van der Waals surface area contributed by atoms with Gasteiger partial charge in [0.25, 0.3) is 5.91 Å². The predicted molar refractivity (Wildman–Crippen MR) is 102 cm³/mol. The van der Waals surface area contributed by atoms with Crippen molar-refractivity contribution in [1.82, 2.24) is 5.43 Å². The zero-order chi connectivity index (χ0) is 19.2. The van der Waals surface area contributed by atoms with E-state index in [0.29, 0.717) is 52.4 Å². The van der Waals surface area contributed by atoms with Gasteiger partial charge in [-0.05, 0) is 29.8 Å². The molecule has 8 heteroatoms. The molecule has 0 fully saturated rings. The largest absolute Gasteiger partial charge is 0.497 e. The third kappa shape index (κ3) is 4.62. The number of nitrogens with one attached hydrogen (secondary N) is 1. The van der Waals surface area contributed by atoms with Crippen LogP contribution in [0.5, 0.6) is 23.0 Å². The molecule has 0 aromatic heterocycles. The van der Waals surface area contributed by atoms with Crippen molar-refractivity contribution in [2.45, 2.75) is 6.42 Å². The van der Waals surface area contributed by atoms with Crippen LogP contribution in [0, 0.1) is 0 Å². The summed E-state index contributed by atoms with van der Waals surface area (Å²) in [4.78, 5) is 12.3. The first kappa shape index (κ1) is 18.8. The van der Waals surface area contributed by atoms with Crippen molar-refractivity contribution in [3.8, 4) is 23.0 Å². The topological polar surface area (TPSA) is 78.4 Å². The minimum Gasteiger partial charge on any atom is -0.497 e. The smallest absolute Gasteiger partial charge is 0.271 e. The first-order chi connectivity index (χ1) is 13.1. The van der Waals surface area contributed by atoms with Gasteiger partial charge in [0, 0.05) is 18.1 Å². The lowest BCUT2D eigenvalue weighted by molar-refractivity contribution is 0.0954. The fourth-order valence-electron chi connectivity index (χ4n) is 2.49. The van der Waals surface area contributed by atoms with Crippen LogP contribution in [0.25, 0.3) is 0 Å². The van der Waals surface area contributed by atoms with E-state index in [4.69, 9.17) is 30.5 Å². The number of halogens is 1. The first-order valence-corrected chi connectivity index (χ1v) is 8.64. The van der Waals surface area contributed by atoms with Gasteiger partial charge >= 0.3 is 0 Å². The number of methoxy groups -OCH3 is 2. The second kappa shape index (κ2) is 8.64. The second-order valence-electron chi connectivity index (χ2n) is 5.68. The molecule has 0 bridgehead atoms. The van der Waals surface area contributed by atoms with E-state index in [1.54, 1.807) is 30.3 Å². The van der Waals surface area contributed by atoms with Gasteiger partial charge in [-0.3, -0.25) is 4.79 Å². The summed E-state index contributed by atoms with van der Waals surface area (Å²) in [6, 6.07) is 8.32. The molecule has 0 unspecified atom stereocenters. The molecule has 0 atom stereocenters. The van der Waals surface area contributed by atoms with Crippen molar-refractivity contribution in [2.75, 3.05) is 27.4 Å². The van der Waals surface area contributed by atoms with Crippen molar-refractivity contribution in [3.63, 3.8) is 0 Å². The Kier molecular flexibility index (Phi) is 6.03. The van der Waals surface area contributed by atoms with Crippen LogP contribution >= 0.6 is 11.6 Å². The number of amides is 1. The molecule has 1 heterocycles. The number of carbonyl (C=O) groups is 1. The predicted octanol–water partition coefficient (Wildman–Crippen LogP) is 3.28. The van der Waals surface area contributed by atoms with E-state index in [-0.39, 0.29) is 0 Å². The monoisotopic (exact) mass is 390 g/mol. The number of carbonyl (C=O) groups excluding carboxylic acids is 1. The van der Waals surface area contributed by atoms with Gasteiger partial charge in [0.05, 0.1) is 38.7 Å². The maximum absolute atomic E-state index is 12.3. The summed E-state index contributed by atoms with van der Waals surface area (Å²) in [5.41, 5.74) is 3.50. The summed E-state index contributed by atoms with van der Waals surface area (Å²) in [6.45, 7) is 1.11. The van der Waals surface area contributed by atoms with Crippen molar-refractivity contribution < 1.29 is 23.7 Å². The number of nitrogens with zero attached hydrogens (tertiary/aromatic N) is 1. The van der Waals surface area contributed by atoms with Crippen LogP contribution in [0.15, 0.2) is 35.4 Å². The molecule has 142 valence electrons. The SMILES string of the molecule is COc1cc(OC)cc(C(=O)N/N=C\c2cc(Cl)c3c(c2)OCCCO3)c1. The molecule has 3 rings (SSSR count). The van der Waals surface area contributed by atoms with Crippen LogP contribution in [0.3, 0.4) is 0 Å². The van der Waals surface area contributed by atoms with Gasteiger partial charge in [-0.2, -0.15) is 5.10 Å². The first-order valence-electron chi connectivity index (χ1n) is 8.26. The molecule has 7 nitrogen and oxygen atoms in total. The van der Waals surface area contributed by atoms with Gasteiger partial charge in [-0.1, -0.05) is 11.6 Å². The van der Waals surface area contributed by atoms with E-state index in [0.717, 1.165) is 6.42 Å². The molecule has 27 heavy (non-hydrogen) atoms. The summed E-state index contributed by atoms with van der Waals surface area (Å²) in [7, 11) is 3.03. The molecular formula is C19H19ClN2O5. The lowest BCUT2D eigenvalue weighted by Gasteiger charge is -2.10. The number of hydrogen-bond donors (Lipinski definition) is 1. The summed E-state index contributed by atoms with van der Waals surface area (Å²) in [6.07, 6.45) is 2.27. The highest BCUT2D eigenvalue weighted by atomic mass is 35.5. The van der Waals surface area contributed by atoms with E-state index in [2.05, 4.69) is 10.5 Å². The third-order valence-electron chi connectivity index (χ3n) is 3.82. The highest BCUT2D eigenvalue weighted by Crippen LogP contribution is 2.37. The molecule has 1 amide bonds. The second-order valence-corrected chi connectivity index (χ2v) is 6.09. The van der Waals surface area contributed by atoms with E-state index < -0.39 is 5.91 Å². The standard InChI is InChI=1S/C19H19ClN2O5/c1-24-14-8-13(9-15(10-14)25-2)19(23)22-21-11-12-6-16(20)18-17(7-12)26-4-3-5-27-18/h6-11H,3-5H2,1-2H3,(H,22,23)/b21-11-. The molecule has 0 saturated heterocycles. The highest BCUT2D eigenvalue weighted by Gasteiger charge is 2.15. The molecule has 0 radical (unpaired) electrons. The number of benzene rings is 2. The van der Waals surface area contributed by atoms with Gasteiger partial charge in [-0.15, -0.1) is 0 Å². The average molecular weight is 391 g/mol. The van der Waals surface area contributed by atoms with Crippen molar-refractivity contribution in [2.24, 2.45) is 5.10 Å². The Balaban J connectivity index is 1.73. The van der Waals surface area contributed by atoms with Gasteiger partial charge in [0.15, 0.2) is 11.5 Å². The molecule has 0 saturated carbocycles. The Bertz CT molecular complexity index is 847. The van der Waals surface area contributed by atoms with Crippen molar-refractivity contribution in [3.05, 3.63) is 46.5 Å². The van der Waals surface area contributed by atoms with Crippen LogP contribution in [-0.2, 0) is 0 Å². The maximum Gasteiger partial charge on any atom is 0.271 e. The Morgan fingerprint density at radius 2 is 1.81 bits per heavy atom. The Labute approximate surface area is 161 Å². The fourth-order valence-corrected chi connectivity index (χ4v) is 2.77. The van der Waals surface area contributed by atoms with Crippen LogP contribution in [0.2, 0.25) is 5.02 Å². The minimum absolute atomic E-state index is 0.361. The van der Waals surface area contributed by atoms with Gasteiger partial charge < -0.3 is 18.9 Å². The molecular weight excluding hydrogens is 372 g/mol. The Hall–Kier alpha value is -2.93. The zero-order valence-electron chi connectivity index (χ0n) is 15.0. The molecule has 2 aromatic rings. The van der Waals surface area contributed by atoms with Crippen molar-refractivity contribution in [1.29, 1.82) is 0 Å². The molecule has 2 aromatic carbocycles. The number of fused-ring (bicyclic) bond motifs is 1. The Morgan fingerprint density at radius 1 is 1.11 bits per heavy atom. The fraction of sp³-hybridized carbons (Fsp3) is 0.263. The van der Waals surface area contributed by atoms with Crippen molar-refractivity contribution >= 4 is 23.7 Å². The lowest BCUT2D eigenvalue weighted by atomic mass is 10.2. The third-order valence-corrected chi connectivity index (χ3v) is 4.10. The number of hydrazone groups is 1. The summed E-state index contributed by atoms with van der Waals surface area (Å²) in [5.74, 6) is 1.71. The summed E-state index contributed by atoms with van der Waals surface area (Å²) >= 11 is 6.24. The minimum atomic E-state index is -0.399. The van der Waals surface area contributed by atoms with Crippen LogP contribution in [-0.4, -0.2) is 39.6 Å². The summed E-state index contributed by atoms with van der Waals surface area (Å²) < 4.78 is 21.5. The molecule has 1 aliphatic rings. The molecule has 0 aliphatic carbocycles. The summed E-state index contributed by atoms with van der Waals surface area (Å²) in [5, 5.41) is 4.41. The number of hydrogen-bond acceptors (Lipinski definition) is 6. The van der Waals surface area contributed by atoms with E-state index in [1.165, 1.54) is 20.4 Å². The zero-order valence-corrected chi connectivity index (χ0v) is 15.7. The molecule has 1 N–H and O–H groups in total. The highest BCUT2D eigenvalue weighted by molar-refractivity contribution is 6.32. The van der Waals surface area contributed by atoms with Crippen LogP contribution in [0.1, 0.15) is 22.3 Å². The number of rotatable bonds is 5.